The minimum Gasteiger partial charge on any atom is -0.379 e. The van der Waals surface area contributed by atoms with Crippen molar-refractivity contribution in [2.45, 2.75) is 33.2 Å². The average molecular weight is 248 g/mol. The molecule has 0 amide bonds. The molecule has 1 heterocycles. The first-order valence-corrected chi connectivity index (χ1v) is 6.14. The van der Waals surface area contributed by atoms with Gasteiger partial charge in [0, 0.05) is 30.2 Å². The molecule has 3 nitrogen and oxygen atoms in total. The zero-order chi connectivity index (χ0) is 11.5. The number of nitrogens with zero attached hydrogens (tertiary/aromatic N) is 1. The van der Waals surface area contributed by atoms with Crippen LogP contribution in [0.5, 0.6) is 0 Å². The lowest BCUT2D eigenvalue weighted by atomic mass is 10.1. The third-order valence-corrected chi connectivity index (χ3v) is 2.56. The first kappa shape index (κ1) is 12.7. The Morgan fingerprint density at radius 2 is 2.13 bits per heavy atom. The van der Waals surface area contributed by atoms with E-state index in [1.807, 2.05) is 16.7 Å². The molecule has 0 unspecified atom stereocenters. The van der Waals surface area contributed by atoms with Gasteiger partial charge in [0.15, 0.2) is 0 Å². The Labute approximate surface area is 101 Å². The van der Waals surface area contributed by atoms with Crippen molar-refractivity contribution in [2.75, 3.05) is 6.54 Å². The summed E-state index contributed by atoms with van der Waals surface area (Å²) >= 11 is 7.62. The van der Waals surface area contributed by atoms with Crippen molar-refractivity contribution in [3.05, 3.63) is 22.3 Å². The summed E-state index contributed by atoms with van der Waals surface area (Å²) in [5.74, 6) is 0. The van der Waals surface area contributed by atoms with Crippen LogP contribution >= 0.6 is 23.5 Å². The Hall–Kier alpha value is -0.320. The zero-order valence-corrected chi connectivity index (χ0v) is 11.2. The molecule has 0 aromatic rings. The molecule has 1 aliphatic rings. The van der Waals surface area contributed by atoms with Gasteiger partial charge >= 0.3 is 0 Å². The molecule has 0 atom stereocenters. The van der Waals surface area contributed by atoms with Crippen LogP contribution in [0.25, 0.3) is 0 Å². The molecule has 0 aromatic carbocycles. The minimum atomic E-state index is 0.0231. The Bertz CT molecular complexity index is 281. The van der Waals surface area contributed by atoms with Crippen LogP contribution in [0.1, 0.15) is 27.7 Å². The maximum atomic E-state index is 6.02. The lowest BCUT2D eigenvalue weighted by Crippen LogP contribution is -2.44. The van der Waals surface area contributed by atoms with E-state index in [1.54, 1.807) is 11.9 Å². The van der Waals surface area contributed by atoms with E-state index in [0.717, 1.165) is 16.6 Å². The molecule has 86 valence electrons. The zero-order valence-electron chi connectivity index (χ0n) is 9.60. The molecule has 0 aliphatic carbocycles. The molecule has 0 bridgehead atoms. The Balaban J connectivity index is 2.62. The molecule has 2 N–H and O–H groups in total. The molecule has 0 saturated carbocycles. The van der Waals surface area contributed by atoms with Crippen LogP contribution in [0.4, 0.5) is 0 Å². The van der Waals surface area contributed by atoms with Crippen molar-refractivity contribution in [3.8, 4) is 0 Å². The average Bonchev–Trinajstić information content (AvgIpc) is 1.99. The second-order valence-corrected chi connectivity index (χ2v) is 5.78. The summed E-state index contributed by atoms with van der Waals surface area (Å²) in [5, 5.41) is 5.03. The van der Waals surface area contributed by atoms with Gasteiger partial charge in [-0.3, -0.25) is 0 Å². The molecular weight excluding hydrogens is 230 g/mol. The quantitative estimate of drug-likeness (QED) is 0.750. The number of halogens is 1. The SMILES string of the molecule is CCNC1=CC(Cl)=CN(NC(C)(C)C)S1. The van der Waals surface area contributed by atoms with E-state index in [2.05, 4.69) is 38.4 Å². The Morgan fingerprint density at radius 1 is 1.47 bits per heavy atom. The van der Waals surface area contributed by atoms with Crippen molar-refractivity contribution in [1.29, 1.82) is 0 Å². The number of hydrazine groups is 1. The molecule has 0 spiro atoms. The summed E-state index contributed by atoms with van der Waals surface area (Å²) in [6, 6.07) is 0. The van der Waals surface area contributed by atoms with Crippen LogP contribution in [-0.4, -0.2) is 16.5 Å². The van der Waals surface area contributed by atoms with Crippen molar-refractivity contribution >= 4 is 23.5 Å². The highest BCUT2D eigenvalue weighted by Crippen LogP contribution is 2.27. The lowest BCUT2D eigenvalue weighted by molar-refractivity contribution is 0.300. The van der Waals surface area contributed by atoms with E-state index < -0.39 is 0 Å². The van der Waals surface area contributed by atoms with Crippen molar-refractivity contribution in [3.63, 3.8) is 0 Å². The van der Waals surface area contributed by atoms with E-state index >= 15 is 0 Å². The minimum absolute atomic E-state index is 0.0231. The second-order valence-electron chi connectivity index (χ2n) is 4.33. The molecule has 0 radical (unpaired) electrons. The summed E-state index contributed by atoms with van der Waals surface area (Å²) in [4.78, 5) is 0. The molecule has 15 heavy (non-hydrogen) atoms. The Kier molecular flexibility index (Phi) is 4.37. The summed E-state index contributed by atoms with van der Waals surface area (Å²) in [6.45, 7) is 9.29. The van der Waals surface area contributed by atoms with Gasteiger partial charge in [-0.05, 0) is 33.8 Å². The van der Waals surface area contributed by atoms with E-state index in [4.69, 9.17) is 11.6 Å². The van der Waals surface area contributed by atoms with Crippen LogP contribution in [0.15, 0.2) is 22.3 Å². The van der Waals surface area contributed by atoms with Gasteiger partial charge in [-0.1, -0.05) is 11.6 Å². The highest BCUT2D eigenvalue weighted by atomic mass is 35.5. The number of rotatable bonds is 3. The molecule has 1 aliphatic heterocycles. The van der Waals surface area contributed by atoms with E-state index in [9.17, 15) is 0 Å². The highest BCUT2D eigenvalue weighted by Gasteiger charge is 2.17. The maximum Gasteiger partial charge on any atom is 0.0923 e. The largest absolute Gasteiger partial charge is 0.379 e. The van der Waals surface area contributed by atoms with Crippen LogP contribution in [0.3, 0.4) is 0 Å². The molecule has 5 heteroatoms. The van der Waals surface area contributed by atoms with Gasteiger partial charge < -0.3 is 5.32 Å². The number of allylic oxidation sites excluding steroid dienone is 2. The maximum absolute atomic E-state index is 6.02. The van der Waals surface area contributed by atoms with Crippen LogP contribution in [0, 0.1) is 0 Å². The summed E-state index contributed by atoms with van der Waals surface area (Å²) in [5.41, 5.74) is 3.35. The van der Waals surface area contributed by atoms with Gasteiger partial charge in [0.05, 0.1) is 10.1 Å². The smallest absolute Gasteiger partial charge is 0.0923 e. The van der Waals surface area contributed by atoms with Crippen LogP contribution in [-0.2, 0) is 0 Å². The number of hydrogen-bond donors (Lipinski definition) is 2. The standard InChI is InChI=1S/C10H18ClN3S/c1-5-12-9-6-8(11)7-14(15-9)13-10(2,3)4/h6-7,12-13H,5H2,1-4H3. The third-order valence-electron chi connectivity index (χ3n) is 1.50. The van der Waals surface area contributed by atoms with Crippen molar-refractivity contribution < 1.29 is 0 Å². The monoisotopic (exact) mass is 247 g/mol. The molecule has 0 fully saturated rings. The summed E-state index contributed by atoms with van der Waals surface area (Å²) in [7, 11) is 0. The molecular formula is C10H18ClN3S. The fourth-order valence-corrected chi connectivity index (χ4v) is 2.49. The Morgan fingerprint density at radius 3 is 2.67 bits per heavy atom. The first-order valence-electron chi connectivity index (χ1n) is 4.98. The predicted octanol–water partition coefficient (Wildman–Crippen LogP) is 2.78. The fraction of sp³-hybridized carbons (Fsp3) is 0.600. The summed E-state index contributed by atoms with van der Waals surface area (Å²) in [6.07, 6.45) is 3.80. The molecule has 0 aromatic heterocycles. The van der Waals surface area contributed by atoms with Gasteiger partial charge in [-0.2, -0.15) is 0 Å². The fourth-order valence-electron chi connectivity index (χ4n) is 1.08. The van der Waals surface area contributed by atoms with E-state index in [-0.39, 0.29) is 5.54 Å². The van der Waals surface area contributed by atoms with Crippen molar-refractivity contribution in [2.24, 2.45) is 0 Å². The van der Waals surface area contributed by atoms with Gasteiger partial charge in [0.1, 0.15) is 0 Å². The van der Waals surface area contributed by atoms with Crippen LogP contribution in [0.2, 0.25) is 0 Å². The van der Waals surface area contributed by atoms with Gasteiger partial charge in [-0.25, -0.2) is 9.84 Å². The van der Waals surface area contributed by atoms with Gasteiger partial charge in [0.2, 0.25) is 0 Å². The predicted molar refractivity (Wildman–Crippen MR) is 68.0 cm³/mol. The van der Waals surface area contributed by atoms with Gasteiger partial charge in [-0.15, -0.1) is 0 Å². The number of nitrogens with one attached hydrogen (secondary N) is 2. The first-order chi connectivity index (χ1) is 6.90. The lowest BCUT2D eigenvalue weighted by Gasteiger charge is -2.31. The second kappa shape index (κ2) is 5.14. The van der Waals surface area contributed by atoms with E-state index in [1.165, 1.54) is 0 Å². The van der Waals surface area contributed by atoms with Gasteiger partial charge in [0.25, 0.3) is 0 Å². The topological polar surface area (TPSA) is 27.3 Å². The normalized spacial score (nSPS) is 17.3. The number of hydrogen-bond acceptors (Lipinski definition) is 4. The van der Waals surface area contributed by atoms with E-state index in [0.29, 0.717) is 0 Å². The summed E-state index contributed by atoms with van der Waals surface area (Å²) < 4.78 is 1.93. The van der Waals surface area contributed by atoms with Crippen LogP contribution < -0.4 is 10.7 Å². The van der Waals surface area contributed by atoms with Crippen molar-refractivity contribution in [1.82, 2.24) is 15.2 Å². The highest BCUT2D eigenvalue weighted by molar-refractivity contribution is 8.00. The molecule has 0 saturated heterocycles. The third kappa shape index (κ3) is 4.82. The molecule has 1 rings (SSSR count).